The van der Waals surface area contributed by atoms with Gasteiger partial charge in [0.15, 0.2) is 17.3 Å². The first-order chi connectivity index (χ1) is 13.2. The normalized spacial score (nSPS) is 19.4. The van der Waals surface area contributed by atoms with Crippen LogP contribution in [0.1, 0.15) is 35.4 Å². The molecule has 2 aliphatic carbocycles. The molecule has 4 rings (SSSR count). The molecule has 4 heteroatoms. The van der Waals surface area contributed by atoms with Gasteiger partial charge < -0.3 is 14.8 Å². The predicted octanol–water partition coefficient (Wildman–Crippen LogP) is 3.79. The first-order valence-corrected chi connectivity index (χ1v) is 9.45. The smallest absolute Gasteiger partial charge is 0.160 e. The minimum atomic E-state index is 0.161. The van der Waals surface area contributed by atoms with Gasteiger partial charge in [0.05, 0.1) is 14.2 Å². The monoisotopic (exact) mass is 363 g/mol. The summed E-state index contributed by atoms with van der Waals surface area (Å²) in [5.41, 5.74) is 4.98. The number of hydrogen-bond donors (Lipinski definition) is 1. The first kappa shape index (κ1) is 17.7. The molecule has 2 aliphatic rings. The topological polar surface area (TPSA) is 47.6 Å². The van der Waals surface area contributed by atoms with Gasteiger partial charge in [-0.3, -0.25) is 4.79 Å². The molecule has 0 saturated heterocycles. The van der Waals surface area contributed by atoms with Crippen molar-refractivity contribution in [3.63, 3.8) is 0 Å². The van der Waals surface area contributed by atoms with Gasteiger partial charge in [-0.2, -0.15) is 0 Å². The van der Waals surface area contributed by atoms with E-state index in [9.17, 15) is 4.79 Å². The van der Waals surface area contributed by atoms with Crippen LogP contribution in [-0.2, 0) is 17.6 Å². The minimum absolute atomic E-state index is 0.161. The Kier molecular flexibility index (Phi) is 4.88. The lowest BCUT2D eigenvalue weighted by molar-refractivity contribution is -0.115. The van der Waals surface area contributed by atoms with Crippen LogP contribution in [0.2, 0.25) is 0 Å². The van der Waals surface area contributed by atoms with E-state index in [1.54, 1.807) is 20.3 Å². The molecule has 0 saturated carbocycles. The first-order valence-electron chi connectivity index (χ1n) is 9.45. The van der Waals surface area contributed by atoms with Gasteiger partial charge in [0, 0.05) is 24.2 Å². The van der Waals surface area contributed by atoms with E-state index in [4.69, 9.17) is 9.47 Å². The molecule has 0 aliphatic heterocycles. The number of ketones is 1. The quantitative estimate of drug-likeness (QED) is 0.878. The van der Waals surface area contributed by atoms with Crippen LogP contribution in [0, 0.1) is 0 Å². The maximum absolute atomic E-state index is 12.4. The summed E-state index contributed by atoms with van der Waals surface area (Å²) in [5, 5.41) is 3.63. The number of rotatable bonds is 5. The summed E-state index contributed by atoms with van der Waals surface area (Å²) >= 11 is 0. The molecule has 0 heterocycles. The molecule has 0 unspecified atom stereocenters. The third-order valence-electron chi connectivity index (χ3n) is 5.57. The van der Waals surface area contributed by atoms with Crippen LogP contribution in [0.3, 0.4) is 0 Å². The van der Waals surface area contributed by atoms with Gasteiger partial charge in [0.1, 0.15) is 0 Å². The maximum atomic E-state index is 12.4. The van der Waals surface area contributed by atoms with Gasteiger partial charge in [-0.05, 0) is 54.0 Å². The summed E-state index contributed by atoms with van der Waals surface area (Å²) in [6, 6.07) is 14.9. The zero-order valence-electron chi connectivity index (χ0n) is 15.8. The summed E-state index contributed by atoms with van der Waals surface area (Å²) < 4.78 is 10.7. The van der Waals surface area contributed by atoms with Crippen LogP contribution >= 0.6 is 0 Å². The Morgan fingerprint density at radius 1 is 0.889 bits per heavy atom. The van der Waals surface area contributed by atoms with E-state index in [1.165, 1.54) is 11.1 Å². The molecule has 0 bridgehead atoms. The average molecular weight is 363 g/mol. The summed E-state index contributed by atoms with van der Waals surface area (Å²) in [7, 11) is 3.27. The van der Waals surface area contributed by atoms with Gasteiger partial charge in [0.2, 0.25) is 0 Å². The molecule has 27 heavy (non-hydrogen) atoms. The SMILES string of the molecule is COc1ccc([C@H]2CC(=O)C=C(NC3Cc4ccccc4C3)C2)cc1OC. The number of nitrogens with one attached hydrogen (secondary N) is 1. The van der Waals surface area contributed by atoms with E-state index in [-0.39, 0.29) is 11.7 Å². The van der Waals surface area contributed by atoms with Crippen molar-refractivity contribution in [1.82, 2.24) is 5.32 Å². The Balaban J connectivity index is 1.48. The van der Waals surface area contributed by atoms with E-state index < -0.39 is 0 Å². The molecular formula is C23H25NO3. The molecule has 0 radical (unpaired) electrons. The van der Waals surface area contributed by atoms with Crippen LogP contribution in [0.5, 0.6) is 11.5 Å². The summed E-state index contributed by atoms with van der Waals surface area (Å²) in [6.07, 6.45) is 5.20. The Labute approximate surface area is 160 Å². The van der Waals surface area contributed by atoms with Crippen molar-refractivity contribution < 1.29 is 14.3 Å². The van der Waals surface area contributed by atoms with Crippen LogP contribution < -0.4 is 14.8 Å². The molecule has 4 nitrogen and oxygen atoms in total. The molecule has 2 aromatic carbocycles. The van der Waals surface area contributed by atoms with Crippen molar-refractivity contribution in [1.29, 1.82) is 0 Å². The van der Waals surface area contributed by atoms with Crippen molar-refractivity contribution in [2.45, 2.75) is 37.6 Å². The standard InChI is InChI=1S/C23H25NO3/c1-26-22-8-7-17(13-23(22)27-2)18-11-20(14-21(25)12-18)24-19-9-15-5-3-4-6-16(15)10-19/h3-8,13-14,18-19,24H,9-12H2,1-2H3/t18-/m1/s1. The maximum Gasteiger partial charge on any atom is 0.160 e. The number of methoxy groups -OCH3 is 2. The second kappa shape index (κ2) is 7.47. The lowest BCUT2D eigenvalue weighted by atomic mass is 9.85. The van der Waals surface area contributed by atoms with Crippen LogP contribution in [0.25, 0.3) is 0 Å². The second-order valence-corrected chi connectivity index (χ2v) is 7.37. The van der Waals surface area contributed by atoms with E-state index in [0.29, 0.717) is 24.0 Å². The van der Waals surface area contributed by atoms with Crippen LogP contribution in [0.4, 0.5) is 0 Å². The average Bonchev–Trinajstić information content (AvgIpc) is 3.09. The zero-order chi connectivity index (χ0) is 18.8. The highest BCUT2D eigenvalue weighted by Crippen LogP contribution is 2.36. The highest BCUT2D eigenvalue weighted by molar-refractivity contribution is 5.92. The number of allylic oxidation sites excluding steroid dienone is 2. The number of benzene rings is 2. The number of carbonyl (C=O) groups excluding carboxylic acids is 1. The van der Waals surface area contributed by atoms with E-state index in [1.807, 2.05) is 18.2 Å². The highest BCUT2D eigenvalue weighted by atomic mass is 16.5. The van der Waals surface area contributed by atoms with E-state index in [2.05, 4.69) is 29.6 Å². The number of carbonyl (C=O) groups is 1. The van der Waals surface area contributed by atoms with Gasteiger partial charge in [-0.25, -0.2) is 0 Å². The molecule has 1 N–H and O–H groups in total. The van der Waals surface area contributed by atoms with Crippen molar-refractivity contribution >= 4 is 5.78 Å². The fourth-order valence-corrected chi connectivity index (χ4v) is 4.26. The number of fused-ring (bicyclic) bond motifs is 1. The van der Waals surface area contributed by atoms with Gasteiger partial charge in [-0.1, -0.05) is 30.3 Å². The van der Waals surface area contributed by atoms with Gasteiger partial charge in [0.25, 0.3) is 0 Å². The van der Waals surface area contributed by atoms with Crippen molar-refractivity contribution in [2.75, 3.05) is 14.2 Å². The highest BCUT2D eigenvalue weighted by Gasteiger charge is 2.27. The van der Waals surface area contributed by atoms with E-state index >= 15 is 0 Å². The molecule has 1 atom stereocenters. The lowest BCUT2D eigenvalue weighted by Crippen LogP contribution is -2.32. The Morgan fingerprint density at radius 2 is 1.59 bits per heavy atom. The Morgan fingerprint density at radius 3 is 2.26 bits per heavy atom. The lowest BCUT2D eigenvalue weighted by Gasteiger charge is -2.26. The van der Waals surface area contributed by atoms with Crippen LogP contribution in [0.15, 0.2) is 54.2 Å². The summed E-state index contributed by atoms with van der Waals surface area (Å²) in [5.74, 6) is 1.76. The molecule has 140 valence electrons. The minimum Gasteiger partial charge on any atom is -0.493 e. The molecule has 0 amide bonds. The molecule has 0 aromatic heterocycles. The molecule has 0 fully saturated rings. The summed E-state index contributed by atoms with van der Waals surface area (Å²) in [4.78, 5) is 12.4. The largest absolute Gasteiger partial charge is 0.493 e. The van der Waals surface area contributed by atoms with Gasteiger partial charge >= 0.3 is 0 Å². The third-order valence-corrected chi connectivity index (χ3v) is 5.57. The second-order valence-electron chi connectivity index (χ2n) is 7.37. The Bertz CT molecular complexity index is 862. The predicted molar refractivity (Wildman–Crippen MR) is 105 cm³/mol. The van der Waals surface area contributed by atoms with Crippen molar-refractivity contribution in [3.05, 3.63) is 70.9 Å². The van der Waals surface area contributed by atoms with Crippen molar-refractivity contribution in [3.8, 4) is 11.5 Å². The third kappa shape index (κ3) is 3.70. The van der Waals surface area contributed by atoms with Crippen molar-refractivity contribution in [2.24, 2.45) is 0 Å². The van der Waals surface area contributed by atoms with Crippen LogP contribution in [-0.4, -0.2) is 26.0 Å². The Hall–Kier alpha value is -2.75. The molecular weight excluding hydrogens is 338 g/mol. The number of hydrogen-bond acceptors (Lipinski definition) is 4. The number of ether oxygens (including phenoxy) is 2. The molecule has 0 spiro atoms. The fourth-order valence-electron chi connectivity index (χ4n) is 4.26. The molecule has 2 aromatic rings. The zero-order valence-corrected chi connectivity index (χ0v) is 15.8. The van der Waals surface area contributed by atoms with Gasteiger partial charge in [-0.15, -0.1) is 0 Å². The summed E-state index contributed by atoms with van der Waals surface area (Å²) in [6.45, 7) is 0. The fraction of sp³-hybridized carbons (Fsp3) is 0.348. The van der Waals surface area contributed by atoms with E-state index in [0.717, 1.165) is 30.5 Å².